The molecule has 0 N–H and O–H groups in total. The summed E-state index contributed by atoms with van der Waals surface area (Å²) < 4.78 is 39.6. The fourth-order valence-electron chi connectivity index (χ4n) is 24.7. The highest BCUT2D eigenvalue weighted by atomic mass is 16.6. The first-order valence-electron chi connectivity index (χ1n) is 50.1. The number of hydrogen-bond donors (Lipinski definition) is 0. The van der Waals surface area contributed by atoms with Crippen molar-refractivity contribution in [2.24, 2.45) is 121 Å². The maximum absolute atomic E-state index is 11.6. The number of rotatable bonds is 24. The van der Waals surface area contributed by atoms with Crippen LogP contribution >= 0.6 is 0 Å². The molecule has 117 heavy (non-hydrogen) atoms. The van der Waals surface area contributed by atoms with Crippen molar-refractivity contribution in [2.75, 3.05) is 13.2 Å². The normalized spacial score (nSPS) is 40.6. The van der Waals surface area contributed by atoms with Crippen LogP contribution in [-0.4, -0.2) is 79.7 Å². The molecule has 14 aliphatic rings. The molecule has 0 bridgehead atoms. The summed E-state index contributed by atoms with van der Waals surface area (Å²) in [7, 11) is 0. The monoisotopic (exact) mass is 1640 g/mol. The summed E-state index contributed by atoms with van der Waals surface area (Å²) in [4.78, 5) is 57.8. The van der Waals surface area contributed by atoms with Gasteiger partial charge in [-0.1, -0.05) is 261 Å². The van der Waals surface area contributed by atoms with E-state index in [-0.39, 0.29) is 77.4 Å². The number of esters is 5. The van der Waals surface area contributed by atoms with E-state index in [4.69, 9.17) is 33.2 Å². The van der Waals surface area contributed by atoms with Crippen LogP contribution in [0.15, 0.2) is 23.0 Å². The van der Waals surface area contributed by atoms with Crippen molar-refractivity contribution >= 4 is 29.8 Å². The fourth-order valence-corrected chi connectivity index (χ4v) is 24.7. The highest BCUT2D eigenvalue weighted by molar-refractivity contribution is 5.91. The molecule has 0 amide bonds. The van der Waals surface area contributed by atoms with E-state index < -0.39 is 0 Å². The molecule has 12 nitrogen and oxygen atoms in total. The largest absolute Gasteiger partial charge is 0.462 e. The Balaban J connectivity index is 0.000000170. The molecule has 12 fully saturated rings. The molecule has 0 aromatic rings. The lowest BCUT2D eigenvalue weighted by Crippen LogP contribution is -2.46. The van der Waals surface area contributed by atoms with Gasteiger partial charge in [0.05, 0.1) is 30.0 Å². The molecule has 0 aromatic carbocycles. The van der Waals surface area contributed by atoms with Crippen LogP contribution in [0.2, 0.25) is 0 Å². The smallest absolute Gasteiger partial charge is 0.334 e. The minimum absolute atomic E-state index is 0.0205. The van der Waals surface area contributed by atoms with Crippen molar-refractivity contribution in [1.29, 1.82) is 0 Å². The Morgan fingerprint density at radius 1 is 0.402 bits per heavy atom. The second-order valence-electron chi connectivity index (χ2n) is 44.6. The molecule has 0 radical (unpaired) electrons. The van der Waals surface area contributed by atoms with E-state index in [1.807, 2.05) is 27.7 Å². The predicted molar refractivity (Wildman–Crippen MR) is 480 cm³/mol. The molecule has 6 saturated carbocycles. The maximum Gasteiger partial charge on any atom is 0.334 e. The van der Waals surface area contributed by atoms with Gasteiger partial charge in [0.2, 0.25) is 0 Å². The van der Waals surface area contributed by atoms with E-state index in [0.29, 0.717) is 80.7 Å². The molecule has 0 aromatic heterocycles. The Morgan fingerprint density at radius 3 is 1.31 bits per heavy atom. The van der Waals surface area contributed by atoms with Gasteiger partial charge in [0, 0.05) is 43.0 Å². The molecule has 7 aliphatic heterocycles. The first-order chi connectivity index (χ1) is 55.4. The number of carbonyl (C=O) groups is 5. The van der Waals surface area contributed by atoms with Crippen molar-refractivity contribution in [1.82, 2.24) is 0 Å². The van der Waals surface area contributed by atoms with Crippen LogP contribution in [0, 0.1) is 121 Å². The van der Waals surface area contributed by atoms with Crippen molar-refractivity contribution < 1.29 is 57.1 Å². The van der Waals surface area contributed by atoms with Gasteiger partial charge in [0.25, 0.3) is 0 Å². The summed E-state index contributed by atoms with van der Waals surface area (Å²) in [6, 6.07) is 0. The molecular formula is C105H182O12. The van der Waals surface area contributed by atoms with Crippen LogP contribution in [0.5, 0.6) is 0 Å². The van der Waals surface area contributed by atoms with Crippen LogP contribution < -0.4 is 0 Å². The first-order valence-corrected chi connectivity index (χ1v) is 50.1. The highest BCUT2D eigenvalue weighted by Crippen LogP contribution is 2.56. The zero-order chi connectivity index (χ0) is 85.8. The predicted octanol–water partition coefficient (Wildman–Crippen LogP) is 28.4. The third kappa shape index (κ3) is 26.9. The average Bonchev–Trinajstić information content (AvgIpc) is 1.55. The summed E-state index contributed by atoms with van der Waals surface area (Å²) >= 11 is 0. The lowest BCUT2D eigenvalue weighted by atomic mass is 9.61. The molecule has 14 rings (SSSR count). The zero-order valence-corrected chi connectivity index (χ0v) is 80.1. The number of carbonyl (C=O) groups excluding carboxylic acids is 5. The van der Waals surface area contributed by atoms with Crippen LogP contribution in [-0.2, 0) is 57.1 Å². The molecule has 12 heteroatoms. The minimum Gasteiger partial charge on any atom is -0.462 e. The van der Waals surface area contributed by atoms with Crippen molar-refractivity contribution in [2.45, 2.75) is 478 Å². The van der Waals surface area contributed by atoms with E-state index in [9.17, 15) is 24.0 Å². The van der Waals surface area contributed by atoms with Crippen molar-refractivity contribution in [3.05, 3.63) is 23.0 Å². The van der Waals surface area contributed by atoms with Crippen LogP contribution in [0.1, 0.15) is 442 Å². The quantitative estimate of drug-likeness (QED) is 0.0514. The third-order valence-electron chi connectivity index (χ3n) is 34.8. The molecule has 7 aliphatic carbocycles. The molecule has 0 spiro atoms. The number of ether oxygens (including phenoxy) is 7. The van der Waals surface area contributed by atoms with E-state index in [1.54, 1.807) is 0 Å². The van der Waals surface area contributed by atoms with Gasteiger partial charge in [0.15, 0.2) is 0 Å². The Labute approximate surface area is 718 Å². The van der Waals surface area contributed by atoms with Gasteiger partial charge in [-0.15, -0.1) is 0 Å². The maximum atomic E-state index is 11.6. The lowest BCUT2D eigenvalue weighted by molar-refractivity contribution is -0.171. The van der Waals surface area contributed by atoms with E-state index >= 15 is 0 Å². The SMILES string of the molecule is CCC(C)C1(C)CCC2C(C)CC(=O)OC2C1.CCC(C)C1(C)CCC2C(C)CCOC2C1.CCCCCC1(C)C=C2OC(=O)C(C)C2CC1.CCCCCC1(C)CCC2=C(C)C(=O)OC2C1.CCCCCC1(C)CCC2C(C)COC2C1.CCCCCC1(C)CCC2C(C1)OC(=O)C2C.CCCCCC1(C)CC[C@@H]2C(C1)OC(=O)C2C. The van der Waals surface area contributed by atoms with Gasteiger partial charge in [-0.05, 0) is 271 Å². The van der Waals surface area contributed by atoms with Crippen LogP contribution in [0.25, 0.3) is 0 Å². The fraction of sp³-hybridized carbons (Fsp3) is 0.914. The number of allylic oxidation sites excluding steroid dienone is 2. The molecular weight excluding hydrogens is 1450 g/mol. The van der Waals surface area contributed by atoms with Crippen LogP contribution in [0.4, 0.5) is 0 Å². The number of unbranched alkanes of at least 4 members (excludes halogenated alkanes) is 10. The average molecular weight is 1640 g/mol. The van der Waals surface area contributed by atoms with Gasteiger partial charge >= 0.3 is 29.8 Å². The topological polar surface area (TPSA) is 150 Å². The van der Waals surface area contributed by atoms with Gasteiger partial charge in [0.1, 0.15) is 30.2 Å². The van der Waals surface area contributed by atoms with Crippen LogP contribution in [0.3, 0.4) is 0 Å². The summed E-state index contributed by atoms with van der Waals surface area (Å²) in [6.07, 6.45) is 59.5. The van der Waals surface area contributed by atoms with Gasteiger partial charge in [-0.2, -0.15) is 0 Å². The molecule has 27 atom stereocenters. The first kappa shape index (κ1) is 99.2. The Hall–Kier alpha value is -3.25. The highest BCUT2D eigenvalue weighted by Gasteiger charge is 2.53. The third-order valence-corrected chi connectivity index (χ3v) is 34.8. The molecule has 7 heterocycles. The van der Waals surface area contributed by atoms with Crippen molar-refractivity contribution in [3.63, 3.8) is 0 Å². The Bertz CT molecular complexity index is 3090. The summed E-state index contributed by atoms with van der Waals surface area (Å²) in [5.74, 6) is 8.79. The number of fused-ring (bicyclic) bond motifs is 7. The summed E-state index contributed by atoms with van der Waals surface area (Å²) in [5.41, 5.74) is 5.12. The van der Waals surface area contributed by atoms with Gasteiger partial charge in [-0.25, -0.2) is 4.79 Å². The Kier molecular flexibility index (Phi) is 38.2. The van der Waals surface area contributed by atoms with E-state index in [2.05, 4.69) is 138 Å². The number of hydrogen-bond acceptors (Lipinski definition) is 12. The lowest BCUT2D eigenvalue weighted by Gasteiger charge is -2.49. The second-order valence-corrected chi connectivity index (χ2v) is 44.6. The van der Waals surface area contributed by atoms with Gasteiger partial charge < -0.3 is 33.2 Å². The summed E-state index contributed by atoms with van der Waals surface area (Å²) in [5, 5.41) is 0. The zero-order valence-electron chi connectivity index (χ0n) is 80.1. The van der Waals surface area contributed by atoms with Gasteiger partial charge in [-0.3, -0.25) is 19.2 Å². The molecule has 26 unspecified atom stereocenters. The second kappa shape index (κ2) is 45.1. The van der Waals surface area contributed by atoms with Crippen molar-refractivity contribution in [3.8, 4) is 0 Å². The summed E-state index contributed by atoms with van der Waals surface area (Å²) in [6.45, 7) is 54.4. The van der Waals surface area contributed by atoms with E-state index in [0.717, 1.165) is 98.6 Å². The van der Waals surface area contributed by atoms with E-state index in [1.165, 1.54) is 243 Å². The molecule has 674 valence electrons. The standard InChI is InChI=1S/3C15H26O2.2C15H24O2.2C15H28O/c1-5-11(3)15(4)7-6-12-10(2)8-14(16)17-13(12)9-15;4*1-4-5-6-8-15(3)9-7-12-11(2)14(16)17-13(12)10-15;1-5-12(3)15(4)8-6-13-11(2)7-9-16-14(13)10-15;1-4-5-6-8-15(3)9-7-13-12(2)11-16-14(13)10-15/h10-13H,5-9H2,1-4H3;2*11-13H,4-10H2,1-3H3;13H,4-10H2,1-3H3;10-12H,4-9H2,1-3H3;11-14H,5-10H2,1-4H3;12-14H,4-11H2,1-3H3/t;11?,12-,13?,15?;;;;;/m.0...../s1. The molecule has 6 saturated heterocycles. The minimum atomic E-state index is -0.0807. The Morgan fingerprint density at radius 2 is 0.821 bits per heavy atom.